The third-order valence-electron chi connectivity index (χ3n) is 3.66. The van der Waals surface area contributed by atoms with Crippen molar-refractivity contribution in [3.05, 3.63) is 35.9 Å². The number of esters is 1. The zero-order valence-electron chi connectivity index (χ0n) is 10.7. The predicted octanol–water partition coefficient (Wildman–Crippen LogP) is 0.613. The number of hydrogen-bond donors (Lipinski definition) is 2. The van der Waals surface area contributed by atoms with Crippen LogP contribution < -0.4 is 10.9 Å². The Kier molecular flexibility index (Phi) is 3.50. The van der Waals surface area contributed by atoms with Crippen molar-refractivity contribution in [2.75, 3.05) is 19.8 Å². The van der Waals surface area contributed by atoms with Crippen molar-refractivity contribution >= 4 is 5.97 Å². The fourth-order valence-electron chi connectivity index (χ4n) is 2.65. The first-order chi connectivity index (χ1) is 9.28. The molecule has 102 valence electrons. The van der Waals surface area contributed by atoms with Crippen molar-refractivity contribution in [1.29, 1.82) is 0 Å². The molecule has 0 aliphatic carbocycles. The van der Waals surface area contributed by atoms with Crippen LogP contribution in [0, 0.1) is 5.92 Å². The first-order valence-corrected chi connectivity index (χ1v) is 6.57. The highest BCUT2D eigenvalue weighted by Crippen LogP contribution is 2.27. The summed E-state index contributed by atoms with van der Waals surface area (Å²) in [6.45, 7) is 2.20. The maximum absolute atomic E-state index is 12.3. The highest BCUT2D eigenvalue weighted by molar-refractivity contribution is 5.81. The van der Waals surface area contributed by atoms with Crippen molar-refractivity contribution in [3.8, 4) is 0 Å². The maximum Gasteiger partial charge on any atom is 0.330 e. The molecule has 1 aromatic carbocycles. The van der Waals surface area contributed by atoms with E-state index in [-0.39, 0.29) is 5.97 Å². The summed E-state index contributed by atoms with van der Waals surface area (Å²) in [5, 5.41) is 0. The van der Waals surface area contributed by atoms with Crippen LogP contribution in [0.2, 0.25) is 0 Å². The molecule has 0 unspecified atom stereocenters. The summed E-state index contributed by atoms with van der Waals surface area (Å²) < 4.78 is 10.9. The number of benzene rings is 1. The first-order valence-electron chi connectivity index (χ1n) is 6.57. The molecule has 2 saturated heterocycles. The molecule has 2 aliphatic heterocycles. The van der Waals surface area contributed by atoms with Crippen molar-refractivity contribution in [2.45, 2.75) is 18.6 Å². The van der Waals surface area contributed by atoms with E-state index in [0.29, 0.717) is 25.7 Å². The van der Waals surface area contributed by atoms with Gasteiger partial charge < -0.3 is 9.47 Å². The normalized spacial score (nSPS) is 29.8. The molecule has 19 heavy (non-hydrogen) atoms. The minimum atomic E-state index is -0.726. The molecule has 0 saturated carbocycles. The van der Waals surface area contributed by atoms with Crippen LogP contribution in [0.5, 0.6) is 0 Å². The standard InChI is InChI=1S/C14H18N2O3/c17-13(19-9-11-4-2-1-3-5-11)14-6-12(7-15-16-14)8-18-10-14/h1-5,12,15-16H,6-10H2/t12-,14-/m1/s1. The molecule has 2 heterocycles. The number of ether oxygens (including phenoxy) is 2. The SMILES string of the molecule is O=C(OCc1ccccc1)[C@@]12COC[C@@H](CNN1)C2. The minimum absolute atomic E-state index is 0.242. The number of carbonyl (C=O) groups is 1. The lowest BCUT2D eigenvalue weighted by atomic mass is 9.85. The predicted molar refractivity (Wildman–Crippen MR) is 69.0 cm³/mol. The second-order valence-electron chi connectivity index (χ2n) is 5.24. The van der Waals surface area contributed by atoms with E-state index in [2.05, 4.69) is 10.9 Å². The van der Waals surface area contributed by atoms with Gasteiger partial charge in [0, 0.05) is 6.54 Å². The van der Waals surface area contributed by atoms with Gasteiger partial charge in [-0.3, -0.25) is 5.43 Å². The smallest absolute Gasteiger partial charge is 0.330 e. The molecule has 3 rings (SSSR count). The van der Waals surface area contributed by atoms with Gasteiger partial charge in [0.1, 0.15) is 6.61 Å². The van der Waals surface area contributed by atoms with Crippen LogP contribution in [-0.2, 0) is 20.9 Å². The van der Waals surface area contributed by atoms with Crippen molar-refractivity contribution < 1.29 is 14.3 Å². The van der Waals surface area contributed by atoms with Crippen LogP contribution in [0.15, 0.2) is 30.3 Å². The minimum Gasteiger partial charge on any atom is -0.459 e. The van der Waals surface area contributed by atoms with E-state index in [9.17, 15) is 4.79 Å². The zero-order chi connectivity index (χ0) is 13.1. The van der Waals surface area contributed by atoms with Crippen LogP contribution in [0.25, 0.3) is 0 Å². The number of nitrogens with one attached hydrogen (secondary N) is 2. The van der Waals surface area contributed by atoms with Gasteiger partial charge in [0.15, 0.2) is 5.54 Å². The Morgan fingerprint density at radius 1 is 1.42 bits per heavy atom. The van der Waals surface area contributed by atoms with E-state index >= 15 is 0 Å². The molecule has 0 aromatic heterocycles. The molecule has 2 N–H and O–H groups in total. The summed E-state index contributed by atoms with van der Waals surface area (Å²) in [7, 11) is 0. The Labute approximate surface area is 112 Å². The highest BCUT2D eigenvalue weighted by atomic mass is 16.5. The number of hydrazine groups is 1. The lowest BCUT2D eigenvalue weighted by molar-refractivity contribution is -0.165. The Hall–Kier alpha value is -1.43. The Bertz CT molecular complexity index is 439. The Balaban J connectivity index is 1.63. The van der Waals surface area contributed by atoms with Gasteiger partial charge in [-0.15, -0.1) is 0 Å². The van der Waals surface area contributed by atoms with E-state index in [1.165, 1.54) is 0 Å². The third-order valence-corrected chi connectivity index (χ3v) is 3.66. The van der Waals surface area contributed by atoms with E-state index in [1.54, 1.807) is 0 Å². The van der Waals surface area contributed by atoms with Gasteiger partial charge in [-0.05, 0) is 17.9 Å². The van der Waals surface area contributed by atoms with E-state index in [1.807, 2.05) is 30.3 Å². The maximum atomic E-state index is 12.3. The van der Waals surface area contributed by atoms with Crippen LogP contribution in [0.4, 0.5) is 0 Å². The molecule has 2 atom stereocenters. The summed E-state index contributed by atoms with van der Waals surface area (Å²) in [5.41, 5.74) is 6.39. The summed E-state index contributed by atoms with van der Waals surface area (Å²) in [6, 6.07) is 9.69. The molecule has 1 aromatic rings. The van der Waals surface area contributed by atoms with Gasteiger partial charge in [-0.1, -0.05) is 30.3 Å². The molecule has 2 fully saturated rings. The van der Waals surface area contributed by atoms with E-state index in [0.717, 1.165) is 18.5 Å². The monoisotopic (exact) mass is 262 g/mol. The van der Waals surface area contributed by atoms with E-state index < -0.39 is 5.54 Å². The van der Waals surface area contributed by atoms with Crippen LogP contribution in [-0.4, -0.2) is 31.3 Å². The second-order valence-corrected chi connectivity index (χ2v) is 5.24. The molecule has 0 amide bonds. The van der Waals surface area contributed by atoms with Gasteiger partial charge in [-0.2, -0.15) is 0 Å². The first kappa shape index (κ1) is 12.6. The Morgan fingerprint density at radius 3 is 3.11 bits per heavy atom. The van der Waals surface area contributed by atoms with Gasteiger partial charge >= 0.3 is 5.97 Å². The lowest BCUT2D eigenvalue weighted by Crippen LogP contribution is -2.68. The summed E-state index contributed by atoms with van der Waals surface area (Å²) in [4.78, 5) is 12.3. The van der Waals surface area contributed by atoms with Crippen molar-refractivity contribution in [1.82, 2.24) is 10.9 Å². The molecular formula is C14H18N2O3. The molecule has 0 radical (unpaired) electrons. The Morgan fingerprint density at radius 2 is 2.26 bits per heavy atom. The van der Waals surface area contributed by atoms with E-state index in [4.69, 9.17) is 9.47 Å². The molecular weight excluding hydrogens is 244 g/mol. The molecule has 5 nitrogen and oxygen atoms in total. The summed E-state index contributed by atoms with van der Waals surface area (Å²) >= 11 is 0. The highest BCUT2D eigenvalue weighted by Gasteiger charge is 2.47. The summed E-state index contributed by atoms with van der Waals surface area (Å²) in [6.07, 6.45) is 0.771. The fraction of sp³-hybridized carbons (Fsp3) is 0.500. The molecule has 5 heteroatoms. The van der Waals surface area contributed by atoms with Crippen LogP contribution in [0.3, 0.4) is 0 Å². The van der Waals surface area contributed by atoms with Crippen molar-refractivity contribution in [2.24, 2.45) is 5.92 Å². The topological polar surface area (TPSA) is 59.6 Å². The average Bonchev–Trinajstić information content (AvgIpc) is 2.46. The van der Waals surface area contributed by atoms with Gasteiger partial charge in [0.2, 0.25) is 0 Å². The van der Waals surface area contributed by atoms with Gasteiger partial charge in [-0.25, -0.2) is 10.2 Å². The number of fused-ring (bicyclic) bond motifs is 2. The molecule has 0 spiro atoms. The largest absolute Gasteiger partial charge is 0.459 e. The molecule has 2 aliphatic rings. The quantitative estimate of drug-likeness (QED) is 0.782. The zero-order valence-corrected chi connectivity index (χ0v) is 10.7. The number of hydrogen-bond acceptors (Lipinski definition) is 5. The van der Waals surface area contributed by atoms with Crippen LogP contribution in [0.1, 0.15) is 12.0 Å². The van der Waals surface area contributed by atoms with Crippen LogP contribution >= 0.6 is 0 Å². The third kappa shape index (κ3) is 2.63. The second kappa shape index (κ2) is 5.28. The molecule has 2 bridgehead atoms. The fourth-order valence-corrected chi connectivity index (χ4v) is 2.65. The van der Waals surface area contributed by atoms with Gasteiger partial charge in [0.05, 0.1) is 13.2 Å². The average molecular weight is 262 g/mol. The number of carbonyl (C=O) groups excluding carboxylic acids is 1. The number of rotatable bonds is 3. The van der Waals surface area contributed by atoms with Gasteiger partial charge in [0.25, 0.3) is 0 Å². The summed E-state index contributed by atoms with van der Waals surface area (Å²) in [5.74, 6) is 0.132. The van der Waals surface area contributed by atoms with Crippen molar-refractivity contribution in [3.63, 3.8) is 0 Å². The lowest BCUT2D eigenvalue weighted by Gasteiger charge is -2.43.